The Morgan fingerprint density at radius 3 is 1.64 bits per heavy atom. The topological polar surface area (TPSA) is 3.24 Å². The molecule has 2 aromatic carbocycles. The molecule has 22 heavy (non-hydrogen) atoms. The van der Waals surface area contributed by atoms with Crippen molar-refractivity contribution in [3.05, 3.63) is 71.8 Å². The van der Waals surface area contributed by atoms with Gasteiger partial charge in [0.15, 0.2) is 0 Å². The van der Waals surface area contributed by atoms with Crippen molar-refractivity contribution >= 4 is 0 Å². The monoisotopic (exact) mass is 295 g/mol. The molecule has 0 aliphatic rings. The third kappa shape index (κ3) is 4.45. The smallest absolute Gasteiger partial charge is 0.0101 e. The van der Waals surface area contributed by atoms with Crippen LogP contribution in [0.5, 0.6) is 0 Å². The molecule has 1 atom stereocenters. The maximum absolute atomic E-state index is 2.49. The average molecular weight is 295 g/mol. The van der Waals surface area contributed by atoms with Crippen LogP contribution in [0.4, 0.5) is 0 Å². The third-order valence-electron chi connectivity index (χ3n) is 4.83. The number of hydrogen-bond donors (Lipinski definition) is 0. The zero-order valence-electron chi connectivity index (χ0n) is 14.4. The van der Waals surface area contributed by atoms with E-state index in [9.17, 15) is 0 Å². The summed E-state index contributed by atoms with van der Waals surface area (Å²) in [4.78, 5) is 2.49. The minimum atomic E-state index is 0.476. The molecule has 0 saturated carbocycles. The Morgan fingerprint density at radius 1 is 0.773 bits per heavy atom. The molecule has 2 rings (SSSR count). The minimum Gasteiger partial charge on any atom is -0.303 e. The summed E-state index contributed by atoms with van der Waals surface area (Å²) in [5.41, 5.74) is 2.83. The van der Waals surface area contributed by atoms with Gasteiger partial charge in [0.1, 0.15) is 0 Å². The molecule has 0 spiro atoms. The van der Waals surface area contributed by atoms with Crippen LogP contribution >= 0.6 is 0 Å². The Balaban J connectivity index is 2.13. The second kappa shape index (κ2) is 8.14. The molecule has 0 N–H and O–H groups in total. The van der Waals surface area contributed by atoms with E-state index in [0.29, 0.717) is 17.9 Å². The van der Waals surface area contributed by atoms with E-state index in [1.165, 1.54) is 11.1 Å². The predicted octanol–water partition coefficient (Wildman–Crippen LogP) is 5.18. The van der Waals surface area contributed by atoms with Crippen LogP contribution in [-0.2, 0) is 0 Å². The summed E-state index contributed by atoms with van der Waals surface area (Å²) in [5.74, 6) is 1.17. The van der Waals surface area contributed by atoms with Crippen molar-refractivity contribution in [3.8, 4) is 0 Å². The number of hydrogen-bond acceptors (Lipinski definition) is 1. The molecule has 1 heteroatoms. The van der Waals surface area contributed by atoms with E-state index in [-0.39, 0.29) is 0 Å². The summed E-state index contributed by atoms with van der Waals surface area (Å²) in [6.07, 6.45) is 1.15. The highest BCUT2D eigenvalue weighted by atomic mass is 15.1. The molecule has 0 heterocycles. The Bertz CT molecular complexity index is 493. The molecule has 0 amide bonds. The maximum Gasteiger partial charge on any atom is 0.0101 e. The highest BCUT2D eigenvalue weighted by molar-refractivity contribution is 5.32. The minimum absolute atomic E-state index is 0.476. The van der Waals surface area contributed by atoms with Gasteiger partial charge in [-0.25, -0.2) is 0 Å². The summed E-state index contributed by atoms with van der Waals surface area (Å²) >= 11 is 0. The van der Waals surface area contributed by atoms with E-state index in [0.717, 1.165) is 13.0 Å². The zero-order valence-corrected chi connectivity index (χ0v) is 14.4. The molecule has 0 aliphatic carbocycles. The van der Waals surface area contributed by atoms with Crippen LogP contribution in [0.2, 0.25) is 0 Å². The highest BCUT2D eigenvalue weighted by Gasteiger charge is 2.17. The molecule has 2 aromatic rings. The third-order valence-corrected chi connectivity index (χ3v) is 4.83. The van der Waals surface area contributed by atoms with Gasteiger partial charge in [0, 0.05) is 12.0 Å². The van der Waals surface area contributed by atoms with E-state index in [4.69, 9.17) is 0 Å². The molecule has 0 aromatic heterocycles. The Hall–Kier alpha value is -1.60. The summed E-state index contributed by atoms with van der Waals surface area (Å²) in [6.45, 7) is 8.04. The average Bonchev–Trinajstić information content (AvgIpc) is 2.56. The van der Waals surface area contributed by atoms with Gasteiger partial charge < -0.3 is 4.90 Å². The molecule has 0 aliphatic heterocycles. The van der Waals surface area contributed by atoms with Gasteiger partial charge in [0.25, 0.3) is 0 Å². The first-order chi connectivity index (χ1) is 10.6. The lowest BCUT2D eigenvalue weighted by molar-refractivity contribution is 0.203. The van der Waals surface area contributed by atoms with E-state index < -0.39 is 0 Å². The van der Waals surface area contributed by atoms with Gasteiger partial charge in [-0.3, -0.25) is 0 Å². The molecule has 118 valence electrons. The highest BCUT2D eigenvalue weighted by Crippen LogP contribution is 2.28. The zero-order chi connectivity index (χ0) is 15.9. The number of benzene rings is 2. The molecule has 1 unspecified atom stereocenters. The SMILES string of the molecule is CC(C)C(C)N(C)CCC(c1ccccc1)c1ccccc1. The fourth-order valence-corrected chi connectivity index (χ4v) is 2.94. The first kappa shape index (κ1) is 16.8. The molecule has 0 saturated heterocycles. The molecular formula is C21H29N. The molecule has 1 nitrogen and oxygen atoms in total. The number of rotatable bonds is 7. The van der Waals surface area contributed by atoms with Crippen LogP contribution in [0.15, 0.2) is 60.7 Å². The van der Waals surface area contributed by atoms with E-state index in [1.54, 1.807) is 0 Å². The Kier molecular flexibility index (Phi) is 6.21. The van der Waals surface area contributed by atoms with Crippen LogP contribution in [0.25, 0.3) is 0 Å². The van der Waals surface area contributed by atoms with Crippen LogP contribution in [0, 0.1) is 5.92 Å². The van der Waals surface area contributed by atoms with Crippen molar-refractivity contribution in [2.75, 3.05) is 13.6 Å². The van der Waals surface area contributed by atoms with Gasteiger partial charge in [-0.2, -0.15) is 0 Å². The molecule has 0 bridgehead atoms. The summed E-state index contributed by atoms with van der Waals surface area (Å²) in [6, 6.07) is 22.4. The maximum atomic E-state index is 2.49. The van der Waals surface area contributed by atoms with Gasteiger partial charge in [-0.15, -0.1) is 0 Å². The Morgan fingerprint density at radius 2 is 1.23 bits per heavy atom. The van der Waals surface area contributed by atoms with Crippen molar-refractivity contribution in [1.82, 2.24) is 4.90 Å². The van der Waals surface area contributed by atoms with Gasteiger partial charge in [-0.1, -0.05) is 74.5 Å². The quantitative estimate of drug-likeness (QED) is 0.680. The summed E-state index contributed by atoms with van der Waals surface area (Å²) < 4.78 is 0. The van der Waals surface area contributed by atoms with Gasteiger partial charge in [0.2, 0.25) is 0 Å². The second-order valence-corrected chi connectivity index (χ2v) is 6.63. The van der Waals surface area contributed by atoms with Gasteiger partial charge in [-0.05, 0) is 44.0 Å². The van der Waals surface area contributed by atoms with Crippen LogP contribution in [0.1, 0.15) is 44.2 Å². The first-order valence-electron chi connectivity index (χ1n) is 8.39. The number of nitrogens with zero attached hydrogens (tertiary/aromatic N) is 1. The van der Waals surface area contributed by atoms with Gasteiger partial charge >= 0.3 is 0 Å². The van der Waals surface area contributed by atoms with Crippen molar-refractivity contribution in [2.45, 2.75) is 39.2 Å². The van der Waals surface area contributed by atoms with Crippen molar-refractivity contribution in [2.24, 2.45) is 5.92 Å². The molecule has 0 radical (unpaired) electrons. The van der Waals surface area contributed by atoms with E-state index >= 15 is 0 Å². The van der Waals surface area contributed by atoms with E-state index in [2.05, 4.69) is 93.4 Å². The first-order valence-corrected chi connectivity index (χ1v) is 8.39. The summed E-state index contributed by atoms with van der Waals surface area (Å²) in [5, 5.41) is 0. The van der Waals surface area contributed by atoms with Crippen LogP contribution in [0.3, 0.4) is 0 Å². The molecular weight excluding hydrogens is 266 g/mol. The lowest BCUT2D eigenvalue weighted by Crippen LogP contribution is -2.34. The van der Waals surface area contributed by atoms with Crippen LogP contribution in [-0.4, -0.2) is 24.5 Å². The van der Waals surface area contributed by atoms with Crippen molar-refractivity contribution in [3.63, 3.8) is 0 Å². The normalized spacial score (nSPS) is 13.0. The standard InChI is InChI=1S/C21H29N/c1-17(2)18(3)22(4)16-15-21(19-11-7-5-8-12-19)20-13-9-6-10-14-20/h5-14,17-18,21H,15-16H2,1-4H3. The van der Waals surface area contributed by atoms with E-state index in [1.807, 2.05) is 0 Å². The summed E-state index contributed by atoms with van der Waals surface area (Å²) in [7, 11) is 2.25. The fourth-order valence-electron chi connectivity index (χ4n) is 2.94. The predicted molar refractivity (Wildman–Crippen MR) is 96.3 cm³/mol. The van der Waals surface area contributed by atoms with Gasteiger partial charge in [0.05, 0.1) is 0 Å². The lowest BCUT2D eigenvalue weighted by Gasteiger charge is -2.29. The largest absolute Gasteiger partial charge is 0.303 e. The molecule has 0 fully saturated rings. The second-order valence-electron chi connectivity index (χ2n) is 6.63. The Labute approximate surface area is 136 Å². The van der Waals surface area contributed by atoms with Crippen LogP contribution < -0.4 is 0 Å². The fraction of sp³-hybridized carbons (Fsp3) is 0.429. The van der Waals surface area contributed by atoms with Crippen molar-refractivity contribution < 1.29 is 0 Å². The van der Waals surface area contributed by atoms with Crippen molar-refractivity contribution in [1.29, 1.82) is 0 Å². The lowest BCUT2D eigenvalue weighted by atomic mass is 9.88.